The van der Waals surface area contributed by atoms with Crippen molar-refractivity contribution in [3.05, 3.63) is 65.7 Å². The molecule has 0 radical (unpaired) electrons. The minimum Gasteiger partial charge on any atom is -0.478 e. The molecule has 224 valence electrons. The Kier molecular flexibility index (Phi) is 18.6. The van der Waals surface area contributed by atoms with Crippen molar-refractivity contribution in [3.8, 4) is 0 Å². The highest BCUT2D eigenvalue weighted by Crippen LogP contribution is 2.14. The molecule has 0 atom stereocenters. The van der Waals surface area contributed by atoms with E-state index in [-0.39, 0.29) is 16.4 Å². The molecule has 4 N–H and O–H groups in total. The van der Waals surface area contributed by atoms with Gasteiger partial charge in [0.05, 0.1) is 10.5 Å². The number of carbonyl (C=O) groups is 2. The first-order valence-electron chi connectivity index (χ1n) is 14.6. The van der Waals surface area contributed by atoms with E-state index in [2.05, 4.69) is 6.92 Å². The van der Waals surface area contributed by atoms with Crippen LogP contribution in [-0.4, -0.2) is 43.9 Å². The molecular weight excluding hydrogens is 526 g/mol. The molecule has 2 aromatic rings. The summed E-state index contributed by atoms with van der Waals surface area (Å²) < 4.78 is 22.3. The van der Waals surface area contributed by atoms with Gasteiger partial charge in [0.25, 0.3) is 15.9 Å². The standard InChI is InChI=1S/C24H41NO.C7H8N2O4S/c1-3-4-5-6-7-8-9-10-11-12-13-14-15-19-22-25(2)24(26)23-20-17-16-18-21-23;8-9-14(12,13)6-3-1-2-5(4-6)7(10)11/h16-18,20-21H,3-15,19,22H2,1-2H3;1-4,9H,8H2,(H,10,11). The molecule has 0 saturated carbocycles. The van der Waals surface area contributed by atoms with E-state index in [0.717, 1.165) is 24.6 Å². The Morgan fingerprint density at radius 3 is 1.70 bits per heavy atom. The van der Waals surface area contributed by atoms with Crippen molar-refractivity contribution >= 4 is 21.9 Å². The molecule has 0 aliphatic heterocycles. The van der Waals surface area contributed by atoms with E-state index < -0.39 is 16.0 Å². The van der Waals surface area contributed by atoms with E-state index in [4.69, 9.17) is 10.9 Å². The van der Waals surface area contributed by atoms with Crippen molar-refractivity contribution in [1.29, 1.82) is 0 Å². The summed E-state index contributed by atoms with van der Waals surface area (Å²) >= 11 is 0. The molecule has 0 heterocycles. The van der Waals surface area contributed by atoms with E-state index in [0.29, 0.717) is 0 Å². The fourth-order valence-electron chi connectivity index (χ4n) is 4.31. The zero-order chi connectivity index (χ0) is 29.6. The van der Waals surface area contributed by atoms with Crippen LogP contribution in [0.1, 0.15) is 118 Å². The Morgan fingerprint density at radius 1 is 0.750 bits per heavy atom. The minimum absolute atomic E-state index is 0.110. The number of carboxylic acid groups (broad SMARTS) is 1. The van der Waals surface area contributed by atoms with Gasteiger partial charge in [-0.15, -0.1) is 0 Å². The number of rotatable bonds is 19. The van der Waals surface area contributed by atoms with Crippen LogP contribution < -0.4 is 10.7 Å². The van der Waals surface area contributed by atoms with Crippen LogP contribution in [0.5, 0.6) is 0 Å². The van der Waals surface area contributed by atoms with Crippen molar-refractivity contribution in [2.45, 2.75) is 102 Å². The van der Waals surface area contributed by atoms with Crippen molar-refractivity contribution < 1.29 is 23.1 Å². The summed E-state index contributed by atoms with van der Waals surface area (Å²) in [6.07, 6.45) is 19.2. The molecule has 9 heteroatoms. The summed E-state index contributed by atoms with van der Waals surface area (Å²) in [4.78, 5) is 26.0. The Morgan fingerprint density at radius 2 is 1.23 bits per heavy atom. The highest BCUT2D eigenvalue weighted by atomic mass is 32.2. The van der Waals surface area contributed by atoms with Crippen molar-refractivity contribution in [3.63, 3.8) is 0 Å². The number of hydrogen-bond donors (Lipinski definition) is 3. The van der Waals surface area contributed by atoms with E-state index in [9.17, 15) is 18.0 Å². The maximum absolute atomic E-state index is 12.2. The maximum atomic E-state index is 12.2. The maximum Gasteiger partial charge on any atom is 0.335 e. The smallest absolute Gasteiger partial charge is 0.335 e. The summed E-state index contributed by atoms with van der Waals surface area (Å²) in [5.74, 6) is 3.72. The van der Waals surface area contributed by atoms with Crippen LogP contribution in [0.3, 0.4) is 0 Å². The quantitative estimate of drug-likeness (QED) is 0.0962. The molecule has 0 aromatic heterocycles. The predicted molar refractivity (Wildman–Crippen MR) is 162 cm³/mol. The topological polar surface area (TPSA) is 130 Å². The molecule has 0 saturated heterocycles. The fourth-order valence-corrected chi connectivity index (χ4v) is 4.99. The first-order chi connectivity index (χ1) is 19.2. The van der Waals surface area contributed by atoms with Gasteiger partial charge in [-0.3, -0.25) is 10.6 Å². The highest BCUT2D eigenvalue weighted by molar-refractivity contribution is 7.89. The van der Waals surface area contributed by atoms with Crippen LogP contribution in [0.4, 0.5) is 0 Å². The lowest BCUT2D eigenvalue weighted by Gasteiger charge is -2.17. The molecule has 1 amide bonds. The van der Waals surface area contributed by atoms with Gasteiger partial charge in [-0.1, -0.05) is 115 Å². The Hall–Kier alpha value is -2.75. The van der Waals surface area contributed by atoms with Crippen LogP contribution in [0.25, 0.3) is 0 Å². The van der Waals surface area contributed by atoms with Gasteiger partial charge in [0, 0.05) is 19.2 Å². The van der Waals surface area contributed by atoms with Crippen molar-refractivity contribution in [2.24, 2.45) is 5.84 Å². The van der Waals surface area contributed by atoms with Gasteiger partial charge in [-0.25, -0.2) is 13.2 Å². The van der Waals surface area contributed by atoms with Crippen LogP contribution in [-0.2, 0) is 10.0 Å². The van der Waals surface area contributed by atoms with Gasteiger partial charge in [-0.2, -0.15) is 4.83 Å². The molecule has 2 rings (SSSR count). The Balaban J connectivity index is 0.000000479. The highest BCUT2D eigenvalue weighted by Gasteiger charge is 2.13. The lowest BCUT2D eigenvalue weighted by Crippen LogP contribution is -2.30. The minimum atomic E-state index is -3.79. The largest absolute Gasteiger partial charge is 0.478 e. The van der Waals surface area contributed by atoms with Gasteiger partial charge < -0.3 is 10.0 Å². The molecule has 0 aliphatic carbocycles. The van der Waals surface area contributed by atoms with Gasteiger partial charge in [-0.05, 0) is 36.8 Å². The molecule has 0 spiro atoms. The predicted octanol–water partition coefficient (Wildman–Crippen LogP) is 6.78. The van der Waals surface area contributed by atoms with Crippen LogP contribution >= 0.6 is 0 Å². The fraction of sp³-hybridized carbons (Fsp3) is 0.548. The third-order valence-corrected chi connectivity index (χ3v) is 7.95. The summed E-state index contributed by atoms with van der Waals surface area (Å²) in [5, 5.41) is 8.60. The number of hydrazine groups is 1. The summed E-state index contributed by atoms with van der Waals surface area (Å²) in [7, 11) is -1.88. The molecule has 0 aliphatic rings. The normalized spacial score (nSPS) is 11.0. The van der Waals surface area contributed by atoms with Crippen LogP contribution in [0.15, 0.2) is 59.5 Å². The SMILES string of the molecule is CCCCCCCCCCCCCCCCN(C)C(=O)c1ccccc1.NNS(=O)(=O)c1cccc(C(=O)O)c1. The number of carbonyl (C=O) groups excluding carboxylic acids is 1. The van der Waals surface area contributed by atoms with Crippen molar-refractivity contribution in [1.82, 2.24) is 9.73 Å². The molecule has 0 bridgehead atoms. The molecule has 8 nitrogen and oxygen atoms in total. The van der Waals surface area contributed by atoms with Gasteiger partial charge in [0.15, 0.2) is 0 Å². The molecule has 0 fully saturated rings. The van der Waals surface area contributed by atoms with E-state index in [1.807, 2.05) is 42.3 Å². The third kappa shape index (κ3) is 15.1. The number of benzene rings is 2. The van der Waals surface area contributed by atoms with Gasteiger partial charge >= 0.3 is 5.97 Å². The van der Waals surface area contributed by atoms with E-state index in [1.165, 1.54) is 102 Å². The van der Waals surface area contributed by atoms with Crippen molar-refractivity contribution in [2.75, 3.05) is 13.6 Å². The molecule has 40 heavy (non-hydrogen) atoms. The summed E-state index contributed by atoms with van der Waals surface area (Å²) in [6, 6.07) is 14.5. The zero-order valence-corrected chi connectivity index (χ0v) is 25.1. The number of aromatic carboxylic acids is 1. The van der Waals surface area contributed by atoms with E-state index in [1.54, 1.807) is 4.83 Å². The summed E-state index contributed by atoms with van der Waals surface area (Å²) in [5.41, 5.74) is 0.682. The summed E-state index contributed by atoms with van der Waals surface area (Å²) in [6.45, 7) is 3.15. The first kappa shape index (κ1) is 35.3. The Bertz CT molecular complexity index is 1080. The number of hydrogen-bond acceptors (Lipinski definition) is 5. The Labute approximate surface area is 241 Å². The lowest BCUT2D eigenvalue weighted by atomic mass is 10.0. The molecular formula is C31H49N3O5S. The number of nitrogens with one attached hydrogen (secondary N) is 1. The van der Waals surface area contributed by atoms with Gasteiger partial charge in [0.1, 0.15) is 0 Å². The number of carboxylic acids is 1. The monoisotopic (exact) mass is 575 g/mol. The average Bonchev–Trinajstić information content (AvgIpc) is 2.97. The van der Waals surface area contributed by atoms with Crippen LogP contribution in [0, 0.1) is 0 Å². The number of nitrogens with zero attached hydrogens (tertiary/aromatic N) is 1. The average molecular weight is 576 g/mol. The second-order valence-electron chi connectivity index (χ2n) is 10.1. The van der Waals surface area contributed by atoms with E-state index >= 15 is 0 Å². The first-order valence-corrected chi connectivity index (χ1v) is 16.1. The second kappa shape index (κ2) is 21.1. The third-order valence-electron chi connectivity index (χ3n) is 6.76. The number of amides is 1. The van der Waals surface area contributed by atoms with Crippen LogP contribution in [0.2, 0.25) is 0 Å². The second-order valence-corrected chi connectivity index (χ2v) is 11.9. The zero-order valence-electron chi connectivity index (χ0n) is 24.3. The number of sulfonamides is 1. The number of nitrogens with two attached hydrogens (primary N) is 1. The lowest BCUT2D eigenvalue weighted by molar-refractivity contribution is 0.0695. The molecule has 2 aromatic carbocycles. The number of unbranched alkanes of at least 4 members (excludes halogenated alkanes) is 13. The van der Waals surface area contributed by atoms with Gasteiger partial charge in [0.2, 0.25) is 0 Å². The molecule has 0 unspecified atom stereocenters.